The first kappa shape index (κ1) is 15.4. The van der Waals surface area contributed by atoms with Crippen LogP contribution in [0.2, 0.25) is 0 Å². The van der Waals surface area contributed by atoms with E-state index >= 15 is 0 Å². The standard InChI is InChI=1S/C12H20N2O5S/c1-12(2,3)18-6-10-9(7-20(15,16)17)11(14-19-10)8-4-13-5-8/h8,13H,4-7H2,1-3H3,(H,15,16,17). The normalized spacial score (nSPS) is 17.2. The second-order valence-electron chi connectivity index (χ2n) is 5.95. The van der Waals surface area contributed by atoms with Gasteiger partial charge in [-0.3, -0.25) is 4.55 Å². The molecule has 0 radical (unpaired) electrons. The van der Waals surface area contributed by atoms with Gasteiger partial charge in [0.15, 0.2) is 5.76 Å². The van der Waals surface area contributed by atoms with Crippen molar-refractivity contribution in [2.75, 3.05) is 13.1 Å². The van der Waals surface area contributed by atoms with Crippen molar-refractivity contribution in [2.45, 2.75) is 44.6 Å². The molecule has 0 bridgehead atoms. The first-order valence-electron chi connectivity index (χ1n) is 6.43. The molecule has 0 saturated carbocycles. The van der Waals surface area contributed by atoms with E-state index in [4.69, 9.17) is 13.8 Å². The first-order chi connectivity index (χ1) is 9.16. The minimum Gasteiger partial charge on any atom is -0.368 e. The smallest absolute Gasteiger partial charge is 0.269 e. The van der Waals surface area contributed by atoms with Gasteiger partial charge in [0, 0.05) is 24.6 Å². The molecule has 1 aliphatic heterocycles. The van der Waals surface area contributed by atoms with Crippen molar-refractivity contribution in [1.29, 1.82) is 0 Å². The predicted molar refractivity (Wildman–Crippen MR) is 71.9 cm³/mol. The van der Waals surface area contributed by atoms with E-state index in [1.165, 1.54) is 0 Å². The van der Waals surface area contributed by atoms with Crippen LogP contribution in [-0.4, -0.2) is 36.8 Å². The molecule has 0 aliphatic carbocycles. The lowest BCUT2D eigenvalue weighted by atomic mass is 9.96. The predicted octanol–water partition coefficient (Wildman–Crippen LogP) is 1.06. The molecule has 1 aliphatic rings. The topological polar surface area (TPSA) is 102 Å². The summed E-state index contributed by atoms with van der Waals surface area (Å²) in [5.41, 5.74) is 0.637. The van der Waals surface area contributed by atoms with Crippen molar-refractivity contribution >= 4 is 10.1 Å². The highest BCUT2D eigenvalue weighted by Crippen LogP contribution is 2.28. The Bertz CT molecular complexity index is 569. The van der Waals surface area contributed by atoms with Crippen LogP contribution in [0.3, 0.4) is 0 Å². The summed E-state index contributed by atoms with van der Waals surface area (Å²) in [5, 5.41) is 7.04. The first-order valence-corrected chi connectivity index (χ1v) is 8.04. The lowest BCUT2D eigenvalue weighted by molar-refractivity contribution is -0.0244. The zero-order valence-corrected chi connectivity index (χ0v) is 12.7. The van der Waals surface area contributed by atoms with Crippen LogP contribution in [0.25, 0.3) is 0 Å². The molecular weight excluding hydrogens is 284 g/mol. The van der Waals surface area contributed by atoms with E-state index in [2.05, 4.69) is 10.5 Å². The molecule has 2 rings (SSSR count). The van der Waals surface area contributed by atoms with Gasteiger partial charge in [0.2, 0.25) is 0 Å². The number of aromatic nitrogens is 1. The minimum atomic E-state index is -4.14. The molecule has 1 aromatic rings. The summed E-state index contributed by atoms with van der Waals surface area (Å²) >= 11 is 0. The Balaban J connectivity index is 2.24. The maximum Gasteiger partial charge on any atom is 0.269 e. The Morgan fingerprint density at radius 2 is 2.10 bits per heavy atom. The molecule has 114 valence electrons. The molecule has 1 saturated heterocycles. The van der Waals surface area contributed by atoms with E-state index < -0.39 is 15.9 Å². The maximum absolute atomic E-state index is 11.2. The highest BCUT2D eigenvalue weighted by molar-refractivity contribution is 7.85. The van der Waals surface area contributed by atoms with Crippen LogP contribution in [-0.2, 0) is 27.2 Å². The Hall–Kier alpha value is -0.960. The van der Waals surface area contributed by atoms with Crippen LogP contribution in [0.1, 0.15) is 43.7 Å². The molecule has 0 spiro atoms. The third-order valence-electron chi connectivity index (χ3n) is 3.03. The van der Waals surface area contributed by atoms with Crippen LogP contribution >= 0.6 is 0 Å². The van der Waals surface area contributed by atoms with Gasteiger partial charge >= 0.3 is 0 Å². The van der Waals surface area contributed by atoms with E-state index in [1.54, 1.807) is 0 Å². The third-order valence-corrected chi connectivity index (χ3v) is 3.68. The van der Waals surface area contributed by atoms with Gasteiger partial charge in [-0.25, -0.2) is 0 Å². The van der Waals surface area contributed by atoms with Crippen LogP contribution in [0.5, 0.6) is 0 Å². The quantitative estimate of drug-likeness (QED) is 0.784. The van der Waals surface area contributed by atoms with E-state index in [9.17, 15) is 8.42 Å². The van der Waals surface area contributed by atoms with Gasteiger partial charge in [0.1, 0.15) is 12.4 Å². The molecule has 0 aromatic carbocycles. The Morgan fingerprint density at radius 1 is 1.45 bits per heavy atom. The van der Waals surface area contributed by atoms with Gasteiger partial charge in [-0.15, -0.1) is 0 Å². The molecule has 0 atom stereocenters. The molecule has 8 heteroatoms. The van der Waals surface area contributed by atoms with Gasteiger partial charge in [0.25, 0.3) is 10.1 Å². The number of hydrogen-bond acceptors (Lipinski definition) is 6. The van der Waals surface area contributed by atoms with Crippen molar-refractivity contribution in [3.8, 4) is 0 Å². The fraction of sp³-hybridized carbons (Fsp3) is 0.750. The van der Waals surface area contributed by atoms with Crippen molar-refractivity contribution in [2.24, 2.45) is 0 Å². The van der Waals surface area contributed by atoms with Gasteiger partial charge in [-0.1, -0.05) is 5.16 Å². The van der Waals surface area contributed by atoms with E-state index in [0.717, 1.165) is 13.1 Å². The zero-order chi connectivity index (χ0) is 15.0. The molecule has 2 heterocycles. The molecule has 0 amide bonds. The largest absolute Gasteiger partial charge is 0.368 e. The van der Waals surface area contributed by atoms with Crippen LogP contribution in [0.15, 0.2) is 4.52 Å². The monoisotopic (exact) mass is 304 g/mol. The number of nitrogens with one attached hydrogen (secondary N) is 1. The van der Waals surface area contributed by atoms with E-state index in [0.29, 0.717) is 17.0 Å². The van der Waals surface area contributed by atoms with Crippen molar-refractivity contribution in [3.63, 3.8) is 0 Å². The van der Waals surface area contributed by atoms with Crippen molar-refractivity contribution in [3.05, 3.63) is 17.0 Å². The summed E-state index contributed by atoms with van der Waals surface area (Å²) in [6.07, 6.45) is 0. The van der Waals surface area contributed by atoms with E-state index in [-0.39, 0.29) is 18.1 Å². The fourth-order valence-electron chi connectivity index (χ4n) is 1.89. The summed E-state index contributed by atoms with van der Waals surface area (Å²) in [4.78, 5) is 0. The van der Waals surface area contributed by atoms with Crippen LogP contribution in [0, 0.1) is 0 Å². The average molecular weight is 304 g/mol. The van der Waals surface area contributed by atoms with Crippen molar-refractivity contribution in [1.82, 2.24) is 10.5 Å². The summed E-state index contributed by atoms with van der Waals surface area (Å²) in [7, 11) is -4.14. The third kappa shape index (κ3) is 4.02. The molecule has 20 heavy (non-hydrogen) atoms. The molecule has 1 aromatic heterocycles. The maximum atomic E-state index is 11.2. The number of rotatable bonds is 5. The van der Waals surface area contributed by atoms with E-state index in [1.807, 2.05) is 20.8 Å². The Labute approximate surface area is 118 Å². The van der Waals surface area contributed by atoms with Crippen LogP contribution < -0.4 is 5.32 Å². The SMILES string of the molecule is CC(C)(C)OCc1onc(C2CNC2)c1CS(=O)(=O)O. The molecule has 7 nitrogen and oxygen atoms in total. The second-order valence-corrected chi connectivity index (χ2v) is 7.40. The summed E-state index contributed by atoms with van der Waals surface area (Å²) in [6, 6.07) is 0. The zero-order valence-electron chi connectivity index (χ0n) is 11.8. The Morgan fingerprint density at radius 3 is 2.55 bits per heavy atom. The summed E-state index contributed by atoms with van der Waals surface area (Å²) in [5.74, 6) is -0.0103. The number of ether oxygens (including phenoxy) is 1. The van der Waals surface area contributed by atoms with Crippen LogP contribution in [0.4, 0.5) is 0 Å². The molecule has 0 unspecified atom stereocenters. The molecule has 2 N–H and O–H groups in total. The van der Waals surface area contributed by atoms with Gasteiger partial charge in [-0.05, 0) is 20.8 Å². The lowest BCUT2D eigenvalue weighted by Crippen LogP contribution is -2.40. The summed E-state index contributed by atoms with van der Waals surface area (Å²) in [6.45, 7) is 7.25. The highest BCUT2D eigenvalue weighted by Gasteiger charge is 2.30. The van der Waals surface area contributed by atoms with Gasteiger partial charge < -0.3 is 14.6 Å². The fourth-order valence-corrected chi connectivity index (χ4v) is 2.57. The van der Waals surface area contributed by atoms with Crippen molar-refractivity contribution < 1.29 is 22.2 Å². The average Bonchev–Trinajstić information content (AvgIpc) is 2.53. The molecular formula is C12H20N2O5S. The lowest BCUT2D eigenvalue weighted by Gasteiger charge is -2.25. The molecule has 1 fully saturated rings. The number of nitrogens with zero attached hydrogens (tertiary/aromatic N) is 1. The number of hydrogen-bond donors (Lipinski definition) is 2. The highest BCUT2D eigenvalue weighted by atomic mass is 32.2. The minimum absolute atomic E-state index is 0.124. The summed E-state index contributed by atoms with van der Waals surface area (Å²) < 4.78 is 42.2. The van der Waals surface area contributed by atoms with Gasteiger partial charge in [0.05, 0.1) is 11.3 Å². The Kier molecular flexibility index (Phi) is 4.19. The second kappa shape index (κ2) is 5.44. The van der Waals surface area contributed by atoms with Gasteiger partial charge in [-0.2, -0.15) is 8.42 Å².